The highest BCUT2D eigenvalue weighted by Crippen LogP contribution is 2.66. The highest BCUT2D eigenvalue weighted by Gasteiger charge is 2.61. The number of hydrogen-bond acceptors (Lipinski definition) is 2. The molecule has 0 unspecified atom stereocenters. The van der Waals surface area contributed by atoms with E-state index in [4.69, 9.17) is 21.6 Å². The zero-order valence-electron chi connectivity index (χ0n) is 11.5. The molecule has 0 radical (unpaired) electrons. The zero-order valence-corrected chi connectivity index (χ0v) is 12.3. The average Bonchev–Trinajstić information content (AvgIpc) is 2.67. The Morgan fingerprint density at radius 2 is 1.95 bits per heavy atom. The molecule has 0 spiro atoms. The van der Waals surface area contributed by atoms with E-state index in [1.165, 1.54) is 24.2 Å². The zero-order chi connectivity index (χ0) is 13.4. The molecule has 19 heavy (non-hydrogen) atoms. The van der Waals surface area contributed by atoms with Gasteiger partial charge in [-0.2, -0.15) is 0 Å². The van der Waals surface area contributed by atoms with E-state index in [0.29, 0.717) is 5.92 Å². The standard InChI is InChI=1S/C16H17ClN2/c1-15(2)10-6-7-16(15,3)14-13(10)18-12-8-9(17)4-5-11(12)19-14/h4-5,8,10H,6-7H2,1-3H3/t10-,16+/m1/s1. The number of rotatable bonds is 0. The van der Waals surface area contributed by atoms with Gasteiger partial charge in [-0.15, -0.1) is 0 Å². The van der Waals surface area contributed by atoms with Gasteiger partial charge in [-0.05, 0) is 36.5 Å². The summed E-state index contributed by atoms with van der Waals surface area (Å²) in [6.45, 7) is 7.09. The van der Waals surface area contributed by atoms with E-state index in [0.717, 1.165) is 16.1 Å². The van der Waals surface area contributed by atoms with Gasteiger partial charge in [0.15, 0.2) is 0 Å². The summed E-state index contributed by atoms with van der Waals surface area (Å²) in [6, 6.07) is 5.80. The van der Waals surface area contributed by atoms with Crippen LogP contribution in [0.4, 0.5) is 0 Å². The number of nitrogens with zero attached hydrogens (tertiary/aromatic N) is 2. The molecule has 1 fully saturated rings. The second kappa shape index (κ2) is 3.29. The minimum absolute atomic E-state index is 0.174. The van der Waals surface area contributed by atoms with Crippen molar-refractivity contribution in [2.24, 2.45) is 5.41 Å². The molecule has 1 aromatic heterocycles. The fraction of sp³-hybridized carbons (Fsp3) is 0.500. The number of fused-ring (bicyclic) bond motifs is 6. The van der Waals surface area contributed by atoms with Gasteiger partial charge in [0.25, 0.3) is 0 Å². The Hall–Kier alpha value is -1.15. The van der Waals surface area contributed by atoms with Crippen LogP contribution in [0.5, 0.6) is 0 Å². The molecule has 2 aliphatic carbocycles. The molecule has 0 amide bonds. The summed E-state index contributed by atoms with van der Waals surface area (Å²) < 4.78 is 0. The molecule has 2 atom stereocenters. The predicted octanol–water partition coefficient (Wildman–Crippen LogP) is 4.46. The molecule has 2 aromatic rings. The van der Waals surface area contributed by atoms with Gasteiger partial charge in [-0.1, -0.05) is 32.4 Å². The van der Waals surface area contributed by atoms with E-state index in [1.54, 1.807) is 0 Å². The molecule has 3 heteroatoms. The highest BCUT2D eigenvalue weighted by molar-refractivity contribution is 6.31. The van der Waals surface area contributed by atoms with Gasteiger partial charge in [-0.3, -0.25) is 0 Å². The normalized spacial score (nSPS) is 30.8. The Labute approximate surface area is 118 Å². The average molecular weight is 273 g/mol. The Balaban J connectivity index is 2.06. The molecule has 2 nitrogen and oxygen atoms in total. The first-order chi connectivity index (χ1) is 8.93. The fourth-order valence-electron chi connectivity index (χ4n) is 4.09. The van der Waals surface area contributed by atoms with Crippen molar-refractivity contribution in [1.29, 1.82) is 0 Å². The highest BCUT2D eigenvalue weighted by atomic mass is 35.5. The predicted molar refractivity (Wildman–Crippen MR) is 77.7 cm³/mol. The summed E-state index contributed by atoms with van der Waals surface area (Å²) in [7, 11) is 0. The first kappa shape index (κ1) is 11.7. The smallest absolute Gasteiger partial charge is 0.0905 e. The van der Waals surface area contributed by atoms with E-state index in [2.05, 4.69) is 20.8 Å². The molecular weight excluding hydrogens is 256 g/mol. The Morgan fingerprint density at radius 3 is 2.74 bits per heavy atom. The van der Waals surface area contributed by atoms with Gasteiger partial charge in [-0.25, -0.2) is 9.97 Å². The van der Waals surface area contributed by atoms with Gasteiger partial charge < -0.3 is 0 Å². The topological polar surface area (TPSA) is 25.8 Å². The molecular formula is C16H17ClN2. The van der Waals surface area contributed by atoms with Crippen LogP contribution in [0.1, 0.15) is 50.9 Å². The number of halogens is 1. The lowest BCUT2D eigenvalue weighted by molar-refractivity contribution is 0.227. The Bertz CT molecular complexity index is 707. The van der Waals surface area contributed by atoms with E-state index in [9.17, 15) is 0 Å². The lowest BCUT2D eigenvalue weighted by Gasteiger charge is -2.34. The summed E-state index contributed by atoms with van der Waals surface area (Å²) in [5, 5.41) is 0.732. The second-order valence-electron chi connectivity index (χ2n) is 6.74. The van der Waals surface area contributed by atoms with Crippen LogP contribution < -0.4 is 0 Å². The molecule has 0 N–H and O–H groups in total. The largest absolute Gasteiger partial charge is 0.249 e. The fourth-order valence-corrected chi connectivity index (χ4v) is 4.26. The van der Waals surface area contributed by atoms with E-state index >= 15 is 0 Å². The molecule has 0 aliphatic heterocycles. The van der Waals surface area contributed by atoms with Crippen LogP contribution >= 0.6 is 11.6 Å². The van der Waals surface area contributed by atoms with Crippen molar-refractivity contribution >= 4 is 22.6 Å². The van der Waals surface area contributed by atoms with Crippen molar-refractivity contribution < 1.29 is 0 Å². The van der Waals surface area contributed by atoms with Crippen LogP contribution in [0.25, 0.3) is 11.0 Å². The van der Waals surface area contributed by atoms with Crippen LogP contribution in [0.3, 0.4) is 0 Å². The third-order valence-corrected chi connectivity index (χ3v) is 5.97. The van der Waals surface area contributed by atoms with Gasteiger partial charge in [0.2, 0.25) is 0 Å². The maximum Gasteiger partial charge on any atom is 0.0905 e. The molecule has 98 valence electrons. The first-order valence-corrected chi connectivity index (χ1v) is 7.29. The van der Waals surface area contributed by atoms with Crippen LogP contribution in [-0.4, -0.2) is 9.97 Å². The van der Waals surface area contributed by atoms with Gasteiger partial charge >= 0.3 is 0 Å². The van der Waals surface area contributed by atoms with Crippen LogP contribution in [0, 0.1) is 5.41 Å². The summed E-state index contributed by atoms with van der Waals surface area (Å²) in [5.41, 5.74) is 4.77. The van der Waals surface area contributed by atoms with Gasteiger partial charge in [0, 0.05) is 16.4 Å². The van der Waals surface area contributed by atoms with Gasteiger partial charge in [0.1, 0.15) is 0 Å². The minimum atomic E-state index is 0.174. The minimum Gasteiger partial charge on any atom is -0.249 e. The van der Waals surface area contributed by atoms with Crippen LogP contribution in [-0.2, 0) is 5.41 Å². The summed E-state index contributed by atoms with van der Waals surface area (Å²) in [4.78, 5) is 9.82. The Morgan fingerprint density at radius 1 is 1.16 bits per heavy atom. The van der Waals surface area contributed by atoms with Crippen LogP contribution in [0.2, 0.25) is 5.02 Å². The van der Waals surface area contributed by atoms with E-state index < -0.39 is 0 Å². The molecule has 4 rings (SSSR count). The van der Waals surface area contributed by atoms with Crippen molar-refractivity contribution in [1.82, 2.24) is 9.97 Å². The summed E-state index contributed by atoms with van der Waals surface area (Å²) in [6.07, 6.45) is 2.46. The van der Waals surface area contributed by atoms with Crippen molar-refractivity contribution in [2.45, 2.75) is 44.9 Å². The van der Waals surface area contributed by atoms with Crippen LogP contribution in [0.15, 0.2) is 18.2 Å². The lowest BCUT2D eigenvalue weighted by Crippen LogP contribution is -2.31. The Kier molecular flexibility index (Phi) is 2.02. The second-order valence-corrected chi connectivity index (χ2v) is 7.17. The van der Waals surface area contributed by atoms with E-state index in [1.807, 2.05) is 18.2 Å². The van der Waals surface area contributed by atoms with Crippen molar-refractivity contribution in [3.63, 3.8) is 0 Å². The maximum absolute atomic E-state index is 6.06. The summed E-state index contributed by atoms with van der Waals surface area (Å²) >= 11 is 6.06. The van der Waals surface area contributed by atoms with Crippen molar-refractivity contribution in [3.05, 3.63) is 34.6 Å². The number of aromatic nitrogens is 2. The van der Waals surface area contributed by atoms with Gasteiger partial charge in [0.05, 0.1) is 22.4 Å². The van der Waals surface area contributed by atoms with Crippen molar-refractivity contribution in [3.8, 4) is 0 Å². The number of benzene rings is 1. The summed E-state index contributed by atoms with van der Waals surface area (Å²) in [5.74, 6) is 0.545. The molecule has 2 bridgehead atoms. The van der Waals surface area contributed by atoms with E-state index in [-0.39, 0.29) is 10.8 Å². The third-order valence-electron chi connectivity index (χ3n) is 5.73. The molecule has 1 heterocycles. The lowest BCUT2D eigenvalue weighted by atomic mass is 9.70. The monoisotopic (exact) mass is 272 g/mol. The molecule has 2 aliphatic rings. The molecule has 1 saturated carbocycles. The third kappa shape index (κ3) is 1.24. The maximum atomic E-state index is 6.06. The molecule has 1 aromatic carbocycles. The SMILES string of the molecule is CC1(C)[C@@H]2CC[C@@]1(C)c1nc3ccc(Cl)cc3nc12. The first-order valence-electron chi connectivity index (χ1n) is 6.91. The quantitative estimate of drug-likeness (QED) is 0.708. The number of hydrogen-bond donors (Lipinski definition) is 0. The molecule has 0 saturated heterocycles. The van der Waals surface area contributed by atoms with Crippen molar-refractivity contribution in [2.75, 3.05) is 0 Å².